The summed E-state index contributed by atoms with van der Waals surface area (Å²) in [6, 6.07) is 16.2. The molecular formula is C26H34O3. The lowest BCUT2D eigenvalue weighted by Gasteiger charge is -2.12. The highest BCUT2D eigenvalue weighted by Crippen LogP contribution is 2.22. The molecule has 0 saturated heterocycles. The molecule has 0 amide bonds. The third-order valence-electron chi connectivity index (χ3n) is 5.16. The van der Waals surface area contributed by atoms with Crippen LogP contribution in [0.4, 0.5) is 0 Å². The third-order valence-corrected chi connectivity index (χ3v) is 5.16. The van der Waals surface area contributed by atoms with Gasteiger partial charge in [-0.1, -0.05) is 88.1 Å². The number of hydrogen-bond acceptors (Lipinski definition) is 3. The number of rotatable bonds is 12. The van der Waals surface area contributed by atoms with Crippen LogP contribution in [-0.4, -0.2) is 17.9 Å². The molecule has 156 valence electrons. The summed E-state index contributed by atoms with van der Waals surface area (Å²) in [5, 5.41) is 0. The first-order chi connectivity index (χ1) is 14.0. The lowest BCUT2D eigenvalue weighted by molar-refractivity contribution is -0.146. The molecule has 0 bridgehead atoms. The van der Waals surface area contributed by atoms with Crippen molar-refractivity contribution >= 4 is 11.8 Å². The van der Waals surface area contributed by atoms with Crippen LogP contribution in [0.5, 0.6) is 0 Å². The van der Waals surface area contributed by atoms with E-state index in [4.69, 9.17) is 4.74 Å². The maximum atomic E-state index is 12.5. The molecule has 3 nitrogen and oxygen atoms in total. The van der Waals surface area contributed by atoms with Gasteiger partial charge in [0.05, 0.1) is 0 Å². The molecule has 0 fully saturated rings. The molecule has 0 aliphatic carbocycles. The summed E-state index contributed by atoms with van der Waals surface area (Å²) in [5.41, 5.74) is 4.15. The van der Waals surface area contributed by atoms with Gasteiger partial charge in [-0.25, -0.2) is 0 Å². The number of Topliss-reactive ketones (excluding diaryl/α,β-unsaturated/α-hetero) is 1. The summed E-state index contributed by atoms with van der Waals surface area (Å²) >= 11 is 0. The fourth-order valence-corrected chi connectivity index (χ4v) is 3.37. The standard InChI is InChI=1S/C26H34O3/c1-4-6-7-8-9-11-21-12-14-22(15-13-21)23-16-18-24(19-17-23)26(28)20(3)29-25(27)10-5-2/h12-20H,4-11H2,1-3H3. The number of ether oxygens (including phenoxy) is 1. The highest BCUT2D eigenvalue weighted by atomic mass is 16.5. The molecule has 0 aliphatic rings. The second kappa shape index (κ2) is 12.2. The predicted octanol–water partition coefficient (Wildman–Crippen LogP) is 6.78. The smallest absolute Gasteiger partial charge is 0.306 e. The van der Waals surface area contributed by atoms with Crippen molar-refractivity contribution in [3.63, 3.8) is 0 Å². The van der Waals surface area contributed by atoms with Crippen LogP contribution < -0.4 is 0 Å². The van der Waals surface area contributed by atoms with E-state index in [0.29, 0.717) is 18.4 Å². The van der Waals surface area contributed by atoms with Crippen molar-refractivity contribution in [3.8, 4) is 11.1 Å². The summed E-state index contributed by atoms with van der Waals surface area (Å²) in [6.07, 6.45) is 7.92. The molecule has 0 aliphatic heterocycles. The summed E-state index contributed by atoms with van der Waals surface area (Å²) in [7, 11) is 0. The summed E-state index contributed by atoms with van der Waals surface area (Å²) in [4.78, 5) is 24.1. The molecular weight excluding hydrogens is 360 g/mol. The highest BCUT2D eigenvalue weighted by molar-refractivity contribution is 6.00. The van der Waals surface area contributed by atoms with Crippen molar-refractivity contribution in [1.29, 1.82) is 0 Å². The van der Waals surface area contributed by atoms with Crippen LogP contribution in [0.25, 0.3) is 11.1 Å². The van der Waals surface area contributed by atoms with Gasteiger partial charge in [-0.2, -0.15) is 0 Å². The van der Waals surface area contributed by atoms with Gasteiger partial charge in [0.15, 0.2) is 6.10 Å². The Balaban J connectivity index is 1.92. The van der Waals surface area contributed by atoms with Crippen molar-refractivity contribution in [2.24, 2.45) is 0 Å². The van der Waals surface area contributed by atoms with Crippen LogP contribution in [0.2, 0.25) is 0 Å². The molecule has 2 aromatic rings. The third kappa shape index (κ3) is 7.49. The van der Waals surface area contributed by atoms with Crippen molar-refractivity contribution in [1.82, 2.24) is 0 Å². The topological polar surface area (TPSA) is 43.4 Å². The number of unbranched alkanes of at least 4 members (excludes halogenated alkanes) is 4. The lowest BCUT2D eigenvalue weighted by atomic mass is 9.99. The van der Waals surface area contributed by atoms with Crippen LogP contribution in [0, 0.1) is 0 Å². The zero-order valence-electron chi connectivity index (χ0n) is 18.1. The number of carbonyl (C=O) groups is 2. The molecule has 0 saturated carbocycles. The van der Waals surface area contributed by atoms with Gasteiger partial charge in [-0.05, 0) is 42.9 Å². The summed E-state index contributed by atoms with van der Waals surface area (Å²) in [6.45, 7) is 5.78. The maximum absolute atomic E-state index is 12.5. The van der Waals surface area contributed by atoms with Gasteiger partial charge in [0, 0.05) is 12.0 Å². The van der Waals surface area contributed by atoms with E-state index < -0.39 is 6.10 Å². The van der Waals surface area contributed by atoms with E-state index in [2.05, 4.69) is 31.2 Å². The van der Waals surface area contributed by atoms with Crippen molar-refractivity contribution < 1.29 is 14.3 Å². The normalized spacial score (nSPS) is 11.8. The Morgan fingerprint density at radius 2 is 1.38 bits per heavy atom. The van der Waals surface area contributed by atoms with Gasteiger partial charge < -0.3 is 4.74 Å². The van der Waals surface area contributed by atoms with Gasteiger partial charge in [-0.3, -0.25) is 9.59 Å². The summed E-state index contributed by atoms with van der Waals surface area (Å²) < 4.78 is 5.20. The first kappa shape index (κ1) is 22.9. The number of ketones is 1. The van der Waals surface area contributed by atoms with Crippen LogP contribution >= 0.6 is 0 Å². The average molecular weight is 395 g/mol. The number of esters is 1. The molecule has 0 N–H and O–H groups in total. The first-order valence-electron chi connectivity index (χ1n) is 11.0. The molecule has 0 spiro atoms. The second-order valence-corrected chi connectivity index (χ2v) is 7.68. The fraction of sp³-hybridized carbons (Fsp3) is 0.462. The van der Waals surface area contributed by atoms with Crippen LogP contribution in [0.1, 0.15) is 81.6 Å². The average Bonchev–Trinajstić information content (AvgIpc) is 2.74. The molecule has 1 unspecified atom stereocenters. The lowest BCUT2D eigenvalue weighted by Crippen LogP contribution is -2.24. The SMILES string of the molecule is CCCCCCCc1ccc(-c2ccc(C(=O)C(C)OC(=O)CCC)cc2)cc1. The van der Waals surface area contributed by atoms with Gasteiger partial charge in [0.1, 0.15) is 0 Å². The molecule has 0 aromatic heterocycles. The van der Waals surface area contributed by atoms with E-state index in [1.807, 2.05) is 31.2 Å². The van der Waals surface area contributed by atoms with Crippen LogP contribution in [-0.2, 0) is 16.0 Å². The number of hydrogen-bond donors (Lipinski definition) is 0. The van der Waals surface area contributed by atoms with Crippen molar-refractivity contribution in [3.05, 3.63) is 59.7 Å². The highest BCUT2D eigenvalue weighted by Gasteiger charge is 2.19. The quantitative estimate of drug-likeness (QED) is 0.226. The van der Waals surface area contributed by atoms with E-state index in [1.165, 1.54) is 37.7 Å². The Morgan fingerprint density at radius 3 is 1.97 bits per heavy atom. The van der Waals surface area contributed by atoms with Gasteiger partial charge in [0.2, 0.25) is 5.78 Å². The van der Waals surface area contributed by atoms with Crippen molar-refractivity contribution in [2.75, 3.05) is 0 Å². The monoisotopic (exact) mass is 394 g/mol. The van der Waals surface area contributed by atoms with Crippen molar-refractivity contribution in [2.45, 2.75) is 78.2 Å². The zero-order valence-corrected chi connectivity index (χ0v) is 18.1. The van der Waals surface area contributed by atoms with E-state index in [-0.39, 0.29) is 11.8 Å². The van der Waals surface area contributed by atoms with Crippen LogP contribution in [0.15, 0.2) is 48.5 Å². The van der Waals surface area contributed by atoms with E-state index >= 15 is 0 Å². The Bertz CT molecular complexity index is 760. The minimum Gasteiger partial charge on any atom is -0.454 e. The molecule has 29 heavy (non-hydrogen) atoms. The fourth-order valence-electron chi connectivity index (χ4n) is 3.37. The Hall–Kier alpha value is -2.42. The van der Waals surface area contributed by atoms with Crippen LogP contribution in [0.3, 0.4) is 0 Å². The molecule has 3 heteroatoms. The zero-order chi connectivity index (χ0) is 21.1. The van der Waals surface area contributed by atoms with E-state index in [0.717, 1.165) is 17.5 Å². The molecule has 0 heterocycles. The maximum Gasteiger partial charge on any atom is 0.306 e. The van der Waals surface area contributed by atoms with Gasteiger partial charge >= 0.3 is 5.97 Å². The Kier molecular flexibility index (Phi) is 9.63. The first-order valence-corrected chi connectivity index (χ1v) is 11.0. The minimum atomic E-state index is -0.753. The number of benzene rings is 2. The number of aryl methyl sites for hydroxylation is 1. The largest absolute Gasteiger partial charge is 0.454 e. The minimum absolute atomic E-state index is 0.167. The Labute approximate surface area is 175 Å². The molecule has 2 aromatic carbocycles. The Morgan fingerprint density at radius 1 is 0.793 bits per heavy atom. The molecule has 0 radical (unpaired) electrons. The van der Waals surface area contributed by atoms with Gasteiger partial charge in [0.25, 0.3) is 0 Å². The van der Waals surface area contributed by atoms with Gasteiger partial charge in [-0.15, -0.1) is 0 Å². The second-order valence-electron chi connectivity index (χ2n) is 7.68. The summed E-state index contributed by atoms with van der Waals surface area (Å²) in [5.74, 6) is -0.491. The molecule has 1 atom stereocenters. The predicted molar refractivity (Wildman–Crippen MR) is 119 cm³/mol. The molecule has 2 rings (SSSR count). The van der Waals surface area contributed by atoms with E-state index in [9.17, 15) is 9.59 Å². The number of carbonyl (C=O) groups excluding carboxylic acids is 2. The van der Waals surface area contributed by atoms with E-state index in [1.54, 1.807) is 6.92 Å².